The van der Waals surface area contributed by atoms with Crippen molar-refractivity contribution in [2.45, 2.75) is 20.4 Å². The summed E-state index contributed by atoms with van der Waals surface area (Å²) >= 11 is 7.36. The quantitative estimate of drug-likeness (QED) is 0.369. The van der Waals surface area contributed by atoms with E-state index < -0.39 is 0 Å². The van der Waals surface area contributed by atoms with Crippen LogP contribution in [0.1, 0.15) is 26.6 Å². The van der Waals surface area contributed by atoms with Crippen LogP contribution in [0.15, 0.2) is 65.5 Å². The second-order valence-corrected chi connectivity index (χ2v) is 9.56. The molecule has 5 aromatic rings. The van der Waals surface area contributed by atoms with Gasteiger partial charge < -0.3 is 5.32 Å². The summed E-state index contributed by atoms with van der Waals surface area (Å²) in [7, 11) is 1.80. The number of amides is 1. The lowest BCUT2D eigenvalue weighted by Gasteiger charge is -2.07. The van der Waals surface area contributed by atoms with Gasteiger partial charge in [0.05, 0.1) is 28.5 Å². The molecule has 0 radical (unpaired) electrons. The Kier molecular flexibility index (Phi) is 5.63. The molecule has 0 aliphatic heterocycles. The molecule has 0 fully saturated rings. The van der Waals surface area contributed by atoms with Gasteiger partial charge in [0.15, 0.2) is 0 Å². The summed E-state index contributed by atoms with van der Waals surface area (Å²) in [6.45, 7) is 4.31. The normalized spacial score (nSPS) is 11.3. The maximum absolute atomic E-state index is 13.2. The van der Waals surface area contributed by atoms with Gasteiger partial charge in [-0.05, 0) is 49.7 Å². The molecular weight excluding hydrogens is 470 g/mol. The summed E-state index contributed by atoms with van der Waals surface area (Å²) in [6, 6.07) is 18.8. The summed E-state index contributed by atoms with van der Waals surface area (Å²) in [5, 5.41) is 9.09. The van der Waals surface area contributed by atoms with Gasteiger partial charge in [-0.25, -0.2) is 4.68 Å². The first-order chi connectivity index (χ1) is 16.3. The smallest absolute Gasteiger partial charge is 0.295 e. The first-order valence-electron chi connectivity index (χ1n) is 10.7. The van der Waals surface area contributed by atoms with Gasteiger partial charge in [0.2, 0.25) is 0 Å². The molecule has 3 heterocycles. The van der Waals surface area contributed by atoms with Gasteiger partial charge >= 0.3 is 0 Å². The van der Waals surface area contributed by atoms with Crippen molar-refractivity contribution in [3.05, 3.63) is 97.9 Å². The van der Waals surface area contributed by atoms with Gasteiger partial charge in [-0.15, -0.1) is 11.3 Å². The van der Waals surface area contributed by atoms with Gasteiger partial charge in [0.1, 0.15) is 10.5 Å². The number of benzene rings is 2. The summed E-state index contributed by atoms with van der Waals surface area (Å²) < 4.78 is 5.18. The fourth-order valence-electron chi connectivity index (χ4n) is 3.98. The molecule has 5 rings (SSSR count). The van der Waals surface area contributed by atoms with Crippen LogP contribution in [-0.4, -0.2) is 25.1 Å². The van der Waals surface area contributed by atoms with Crippen molar-refractivity contribution < 1.29 is 4.79 Å². The maximum atomic E-state index is 13.2. The third-order valence-corrected chi connectivity index (χ3v) is 7.27. The molecular formula is C25H22ClN5O2S. The number of carbonyl (C=O) groups is 1. The second-order valence-electron chi connectivity index (χ2n) is 8.09. The number of aromatic nitrogens is 4. The van der Waals surface area contributed by atoms with E-state index in [-0.39, 0.29) is 17.2 Å². The fourth-order valence-corrected chi connectivity index (χ4v) is 5.16. The van der Waals surface area contributed by atoms with E-state index in [0.29, 0.717) is 22.1 Å². The predicted molar refractivity (Wildman–Crippen MR) is 137 cm³/mol. The highest BCUT2D eigenvalue weighted by Crippen LogP contribution is 2.30. The monoisotopic (exact) mass is 491 g/mol. The van der Waals surface area contributed by atoms with Crippen LogP contribution in [0.5, 0.6) is 0 Å². The van der Waals surface area contributed by atoms with Crippen LogP contribution in [0.2, 0.25) is 5.02 Å². The Morgan fingerprint density at radius 3 is 2.50 bits per heavy atom. The Morgan fingerprint density at radius 1 is 1.09 bits per heavy atom. The summed E-state index contributed by atoms with van der Waals surface area (Å²) in [5.74, 6) is -0.315. The van der Waals surface area contributed by atoms with Crippen molar-refractivity contribution in [2.24, 2.45) is 7.05 Å². The molecule has 0 saturated heterocycles. The SMILES string of the molecule is Cc1nn(Cc2ccc(Cl)cc2)c2sc(C(=O)Nc3c(C)n(C)n(-c4ccccc4)c3=O)cc12. The largest absolute Gasteiger partial charge is 0.315 e. The Morgan fingerprint density at radius 2 is 1.79 bits per heavy atom. The van der Waals surface area contributed by atoms with E-state index in [1.54, 1.807) is 16.4 Å². The minimum atomic E-state index is -0.315. The van der Waals surface area contributed by atoms with Crippen molar-refractivity contribution in [1.82, 2.24) is 19.1 Å². The average molecular weight is 492 g/mol. The molecule has 34 heavy (non-hydrogen) atoms. The van der Waals surface area contributed by atoms with E-state index in [0.717, 1.165) is 27.2 Å². The van der Waals surface area contributed by atoms with Crippen LogP contribution >= 0.6 is 22.9 Å². The Hall–Kier alpha value is -3.62. The predicted octanol–water partition coefficient (Wildman–Crippen LogP) is 5.16. The standard InChI is InChI=1S/C25H22ClN5O2S/c1-15-20-13-21(34-25(20)30(28-15)14-17-9-11-18(26)12-10-17)23(32)27-22-16(2)29(3)31(24(22)33)19-7-5-4-6-8-19/h4-13H,14H2,1-3H3,(H,27,32). The molecule has 0 aliphatic rings. The van der Waals surface area contributed by atoms with Crippen LogP contribution in [0.3, 0.4) is 0 Å². The number of rotatable bonds is 5. The van der Waals surface area contributed by atoms with Crippen LogP contribution in [0.25, 0.3) is 15.9 Å². The second kappa shape index (κ2) is 8.62. The average Bonchev–Trinajstić information content (AvgIpc) is 3.45. The van der Waals surface area contributed by atoms with Crippen LogP contribution in [0.4, 0.5) is 5.69 Å². The van der Waals surface area contributed by atoms with Crippen molar-refractivity contribution in [1.29, 1.82) is 0 Å². The van der Waals surface area contributed by atoms with Gasteiger partial charge in [0, 0.05) is 17.5 Å². The molecule has 0 spiro atoms. The third kappa shape index (κ3) is 3.85. The number of nitrogens with one attached hydrogen (secondary N) is 1. The molecule has 1 N–H and O–H groups in total. The first kappa shape index (κ1) is 22.2. The molecule has 0 bridgehead atoms. The number of hydrogen-bond acceptors (Lipinski definition) is 4. The van der Waals surface area contributed by atoms with Crippen molar-refractivity contribution in [2.75, 3.05) is 5.32 Å². The van der Waals surface area contributed by atoms with Gasteiger partial charge in [-0.1, -0.05) is 41.9 Å². The molecule has 0 unspecified atom stereocenters. The molecule has 2 aromatic carbocycles. The number of hydrogen-bond donors (Lipinski definition) is 1. The maximum Gasteiger partial charge on any atom is 0.295 e. The minimum Gasteiger partial charge on any atom is -0.315 e. The molecule has 172 valence electrons. The van der Waals surface area contributed by atoms with Crippen molar-refractivity contribution in [3.8, 4) is 5.69 Å². The zero-order valence-corrected chi connectivity index (χ0v) is 20.4. The first-order valence-corrected chi connectivity index (χ1v) is 11.9. The lowest BCUT2D eigenvalue weighted by atomic mass is 10.2. The summed E-state index contributed by atoms with van der Waals surface area (Å²) in [6.07, 6.45) is 0. The number of thiophene rings is 1. The third-order valence-electron chi connectivity index (χ3n) is 5.87. The molecule has 9 heteroatoms. The Labute approximate surface area is 204 Å². The topological polar surface area (TPSA) is 73.8 Å². The molecule has 0 saturated carbocycles. The van der Waals surface area contributed by atoms with Crippen molar-refractivity contribution >= 4 is 44.7 Å². The molecule has 7 nitrogen and oxygen atoms in total. The number of fused-ring (bicyclic) bond motifs is 1. The number of para-hydroxylation sites is 1. The van der Waals surface area contributed by atoms with Crippen LogP contribution in [0, 0.1) is 13.8 Å². The number of aryl methyl sites for hydroxylation is 1. The van der Waals surface area contributed by atoms with Gasteiger partial charge in [-0.2, -0.15) is 5.10 Å². The number of anilines is 1. The lowest BCUT2D eigenvalue weighted by Crippen LogP contribution is -2.22. The van der Waals surface area contributed by atoms with E-state index in [2.05, 4.69) is 10.4 Å². The summed E-state index contributed by atoms with van der Waals surface area (Å²) in [4.78, 5) is 27.7. The van der Waals surface area contributed by atoms with Gasteiger partial charge in [-0.3, -0.25) is 19.0 Å². The zero-order valence-electron chi connectivity index (χ0n) is 18.9. The fraction of sp³-hybridized carbons (Fsp3) is 0.160. The van der Waals surface area contributed by atoms with Crippen molar-refractivity contribution in [3.63, 3.8) is 0 Å². The molecule has 3 aromatic heterocycles. The van der Waals surface area contributed by atoms with Crippen LogP contribution in [-0.2, 0) is 13.6 Å². The Bertz CT molecular complexity index is 1580. The van der Waals surface area contributed by atoms with E-state index in [1.165, 1.54) is 11.3 Å². The van der Waals surface area contributed by atoms with E-state index >= 15 is 0 Å². The molecule has 0 atom stereocenters. The zero-order chi connectivity index (χ0) is 24.0. The van der Waals surface area contributed by atoms with E-state index in [9.17, 15) is 9.59 Å². The molecule has 1 amide bonds. The Balaban J connectivity index is 1.46. The van der Waals surface area contributed by atoms with E-state index in [1.807, 2.05) is 79.2 Å². The van der Waals surface area contributed by atoms with E-state index in [4.69, 9.17) is 11.6 Å². The highest BCUT2D eigenvalue weighted by atomic mass is 35.5. The number of carbonyl (C=O) groups excluding carboxylic acids is 1. The number of halogens is 1. The lowest BCUT2D eigenvalue weighted by molar-refractivity contribution is 0.103. The highest BCUT2D eigenvalue weighted by molar-refractivity contribution is 7.20. The number of nitrogens with zero attached hydrogens (tertiary/aromatic N) is 4. The highest BCUT2D eigenvalue weighted by Gasteiger charge is 2.21. The van der Waals surface area contributed by atoms with Crippen LogP contribution < -0.4 is 10.9 Å². The van der Waals surface area contributed by atoms with Gasteiger partial charge in [0.25, 0.3) is 11.5 Å². The molecule has 0 aliphatic carbocycles. The minimum absolute atomic E-state index is 0.272. The summed E-state index contributed by atoms with van der Waals surface area (Å²) in [5.41, 5.74) is 3.32.